The third kappa shape index (κ3) is 3.65. The van der Waals surface area contributed by atoms with Crippen molar-refractivity contribution in [2.45, 2.75) is 62.7 Å². The SMILES string of the molecule is C[C@H]1CCCC[C@@H]1NC(=O)CSc1nc2ccccc2c(=O)n1C1CC1. The first kappa shape index (κ1) is 17.6. The number of nitrogens with one attached hydrogen (secondary N) is 1. The van der Waals surface area contributed by atoms with Crippen LogP contribution in [0.25, 0.3) is 10.9 Å². The van der Waals surface area contributed by atoms with Crippen LogP contribution in [0.15, 0.2) is 34.2 Å². The van der Waals surface area contributed by atoms with Gasteiger partial charge in [0.05, 0.1) is 16.7 Å². The Balaban J connectivity index is 1.50. The number of thioether (sulfide) groups is 1. The number of para-hydroxylation sites is 1. The van der Waals surface area contributed by atoms with E-state index in [0.717, 1.165) is 19.3 Å². The predicted octanol–water partition coefficient (Wildman–Crippen LogP) is 3.52. The highest BCUT2D eigenvalue weighted by atomic mass is 32.2. The van der Waals surface area contributed by atoms with Gasteiger partial charge in [0, 0.05) is 12.1 Å². The average Bonchev–Trinajstić information content (AvgIpc) is 3.47. The Morgan fingerprint density at radius 2 is 2.00 bits per heavy atom. The summed E-state index contributed by atoms with van der Waals surface area (Å²) in [6, 6.07) is 7.98. The highest BCUT2D eigenvalue weighted by Gasteiger charge is 2.29. The molecule has 2 atom stereocenters. The standard InChI is InChI=1S/C20H25N3O2S/c1-13-6-2-4-8-16(13)21-18(24)12-26-20-22-17-9-5-3-7-15(17)19(25)23(20)14-10-11-14/h3,5,7,9,13-14,16H,2,4,6,8,10-12H2,1H3,(H,21,24)/t13-,16-/m0/s1. The number of rotatable bonds is 5. The number of amides is 1. The molecule has 6 heteroatoms. The van der Waals surface area contributed by atoms with Gasteiger partial charge in [-0.2, -0.15) is 0 Å². The van der Waals surface area contributed by atoms with E-state index < -0.39 is 0 Å². The molecule has 1 aromatic carbocycles. The third-order valence-electron chi connectivity index (χ3n) is 5.48. The van der Waals surface area contributed by atoms with Crippen molar-refractivity contribution in [3.8, 4) is 0 Å². The molecule has 0 aliphatic heterocycles. The zero-order chi connectivity index (χ0) is 18.1. The molecule has 0 radical (unpaired) electrons. The molecule has 1 aromatic heterocycles. The van der Waals surface area contributed by atoms with Crippen LogP contribution in [0, 0.1) is 5.92 Å². The summed E-state index contributed by atoms with van der Waals surface area (Å²) in [7, 11) is 0. The van der Waals surface area contributed by atoms with E-state index in [1.807, 2.05) is 24.3 Å². The van der Waals surface area contributed by atoms with Crippen LogP contribution < -0.4 is 10.9 Å². The molecule has 1 N–H and O–H groups in total. The van der Waals surface area contributed by atoms with Gasteiger partial charge in [0.1, 0.15) is 0 Å². The quantitative estimate of drug-likeness (QED) is 0.645. The monoisotopic (exact) mass is 371 g/mol. The first-order chi connectivity index (χ1) is 12.6. The van der Waals surface area contributed by atoms with E-state index in [9.17, 15) is 9.59 Å². The van der Waals surface area contributed by atoms with Crippen molar-refractivity contribution < 1.29 is 4.79 Å². The van der Waals surface area contributed by atoms with Gasteiger partial charge in [-0.05, 0) is 43.7 Å². The zero-order valence-corrected chi connectivity index (χ0v) is 15.9. The molecule has 0 spiro atoms. The van der Waals surface area contributed by atoms with Crippen LogP contribution in [-0.2, 0) is 4.79 Å². The van der Waals surface area contributed by atoms with Gasteiger partial charge in [0.2, 0.25) is 5.91 Å². The molecule has 2 saturated carbocycles. The van der Waals surface area contributed by atoms with Crippen molar-refractivity contribution in [1.29, 1.82) is 0 Å². The van der Waals surface area contributed by atoms with E-state index in [1.165, 1.54) is 31.0 Å². The van der Waals surface area contributed by atoms with E-state index in [1.54, 1.807) is 4.57 Å². The summed E-state index contributed by atoms with van der Waals surface area (Å²) >= 11 is 1.38. The Kier molecular flexibility index (Phi) is 5.02. The predicted molar refractivity (Wildman–Crippen MR) is 105 cm³/mol. The minimum absolute atomic E-state index is 0.0157. The fraction of sp³-hybridized carbons (Fsp3) is 0.550. The summed E-state index contributed by atoms with van der Waals surface area (Å²) in [6.07, 6.45) is 6.73. The lowest BCUT2D eigenvalue weighted by Crippen LogP contribution is -2.41. The van der Waals surface area contributed by atoms with Crippen LogP contribution in [0.5, 0.6) is 0 Å². The molecule has 1 amide bonds. The van der Waals surface area contributed by atoms with Gasteiger partial charge >= 0.3 is 0 Å². The Morgan fingerprint density at radius 3 is 2.77 bits per heavy atom. The van der Waals surface area contributed by atoms with Gasteiger partial charge in [-0.15, -0.1) is 0 Å². The summed E-state index contributed by atoms with van der Waals surface area (Å²) in [6.45, 7) is 2.22. The van der Waals surface area contributed by atoms with Crippen LogP contribution >= 0.6 is 11.8 Å². The molecule has 5 nitrogen and oxygen atoms in total. The maximum absolute atomic E-state index is 12.8. The molecule has 0 unspecified atom stereocenters. The highest BCUT2D eigenvalue weighted by molar-refractivity contribution is 7.99. The van der Waals surface area contributed by atoms with E-state index in [-0.39, 0.29) is 23.6 Å². The second-order valence-electron chi connectivity index (χ2n) is 7.54. The molecule has 4 rings (SSSR count). The zero-order valence-electron chi connectivity index (χ0n) is 15.1. The average molecular weight is 372 g/mol. The lowest BCUT2D eigenvalue weighted by atomic mass is 9.86. The number of aromatic nitrogens is 2. The van der Waals surface area contributed by atoms with Gasteiger partial charge in [0.15, 0.2) is 5.16 Å². The van der Waals surface area contributed by atoms with E-state index in [2.05, 4.69) is 17.2 Å². The van der Waals surface area contributed by atoms with E-state index in [4.69, 9.17) is 0 Å². The second kappa shape index (κ2) is 7.43. The van der Waals surface area contributed by atoms with Crippen LogP contribution in [0.2, 0.25) is 0 Å². The maximum Gasteiger partial charge on any atom is 0.262 e. The molecule has 26 heavy (non-hydrogen) atoms. The molecule has 138 valence electrons. The smallest absolute Gasteiger partial charge is 0.262 e. The van der Waals surface area contributed by atoms with Crippen LogP contribution in [0.4, 0.5) is 0 Å². The Bertz CT molecular complexity index is 875. The minimum atomic E-state index is 0.0157. The molecule has 2 aliphatic carbocycles. The number of nitrogens with zero attached hydrogens (tertiary/aromatic N) is 2. The van der Waals surface area contributed by atoms with E-state index in [0.29, 0.717) is 27.7 Å². The lowest BCUT2D eigenvalue weighted by Gasteiger charge is -2.29. The van der Waals surface area contributed by atoms with Gasteiger partial charge in [-0.1, -0.05) is 43.7 Å². The fourth-order valence-electron chi connectivity index (χ4n) is 3.79. The number of fused-ring (bicyclic) bond motifs is 1. The Labute approximate surface area is 157 Å². The van der Waals surface area contributed by atoms with Gasteiger partial charge in [-0.25, -0.2) is 4.98 Å². The van der Waals surface area contributed by atoms with Crippen molar-refractivity contribution in [3.63, 3.8) is 0 Å². The van der Waals surface area contributed by atoms with Crippen LogP contribution in [0.1, 0.15) is 51.5 Å². The van der Waals surface area contributed by atoms with E-state index >= 15 is 0 Å². The molecule has 2 aromatic rings. The minimum Gasteiger partial charge on any atom is -0.352 e. The summed E-state index contributed by atoms with van der Waals surface area (Å²) in [5.74, 6) is 0.889. The molecular weight excluding hydrogens is 346 g/mol. The van der Waals surface area contributed by atoms with Crippen molar-refractivity contribution in [3.05, 3.63) is 34.6 Å². The summed E-state index contributed by atoms with van der Waals surface area (Å²) < 4.78 is 1.80. The van der Waals surface area contributed by atoms with Gasteiger partial charge in [-0.3, -0.25) is 14.2 Å². The van der Waals surface area contributed by atoms with Crippen molar-refractivity contribution in [2.75, 3.05) is 5.75 Å². The second-order valence-corrected chi connectivity index (χ2v) is 8.48. The largest absolute Gasteiger partial charge is 0.352 e. The molecule has 0 bridgehead atoms. The van der Waals surface area contributed by atoms with Crippen molar-refractivity contribution >= 4 is 28.6 Å². The first-order valence-electron chi connectivity index (χ1n) is 9.57. The first-order valence-corrected chi connectivity index (χ1v) is 10.6. The summed E-state index contributed by atoms with van der Waals surface area (Å²) in [4.78, 5) is 29.9. The lowest BCUT2D eigenvalue weighted by molar-refractivity contribution is -0.119. The molecule has 2 aliphatic rings. The van der Waals surface area contributed by atoms with Crippen LogP contribution in [-0.4, -0.2) is 27.3 Å². The number of benzene rings is 1. The summed E-state index contributed by atoms with van der Waals surface area (Å²) in [5, 5.41) is 4.51. The topological polar surface area (TPSA) is 64.0 Å². The molecular formula is C20H25N3O2S. The van der Waals surface area contributed by atoms with Crippen molar-refractivity contribution in [2.24, 2.45) is 5.92 Å². The van der Waals surface area contributed by atoms with Gasteiger partial charge in [0.25, 0.3) is 5.56 Å². The third-order valence-corrected chi connectivity index (χ3v) is 6.43. The Hall–Kier alpha value is -1.82. The number of carbonyl (C=O) groups is 1. The summed E-state index contributed by atoms with van der Waals surface area (Å²) in [5.41, 5.74) is 0.722. The Morgan fingerprint density at radius 1 is 1.23 bits per heavy atom. The molecule has 1 heterocycles. The number of carbonyl (C=O) groups excluding carboxylic acids is 1. The normalized spacial score (nSPS) is 23.1. The number of hydrogen-bond acceptors (Lipinski definition) is 4. The maximum atomic E-state index is 12.8. The number of hydrogen-bond donors (Lipinski definition) is 1. The van der Waals surface area contributed by atoms with Crippen LogP contribution in [0.3, 0.4) is 0 Å². The fourth-order valence-corrected chi connectivity index (χ4v) is 4.67. The van der Waals surface area contributed by atoms with Crippen molar-refractivity contribution in [1.82, 2.24) is 14.9 Å². The highest BCUT2D eigenvalue weighted by Crippen LogP contribution is 2.36. The van der Waals surface area contributed by atoms with Gasteiger partial charge < -0.3 is 5.32 Å². The molecule has 0 saturated heterocycles. The molecule has 2 fully saturated rings.